The summed E-state index contributed by atoms with van der Waals surface area (Å²) in [5.41, 5.74) is 2.92. The SMILES string of the molecule is Fc1cccc(C(CNC2CC2)Cc2cncs2)c1. The van der Waals surface area contributed by atoms with Gasteiger partial charge in [0.1, 0.15) is 5.82 Å². The summed E-state index contributed by atoms with van der Waals surface area (Å²) in [4.78, 5) is 5.37. The van der Waals surface area contributed by atoms with Gasteiger partial charge in [0.05, 0.1) is 5.51 Å². The minimum atomic E-state index is -0.154. The number of thiazole rings is 1. The normalized spacial score (nSPS) is 16.5. The molecule has 3 rings (SSSR count). The molecule has 0 aliphatic heterocycles. The minimum Gasteiger partial charge on any atom is -0.313 e. The predicted octanol–water partition coefficient (Wildman–Crippen LogP) is 3.36. The largest absolute Gasteiger partial charge is 0.313 e. The van der Waals surface area contributed by atoms with E-state index in [1.807, 2.05) is 17.8 Å². The van der Waals surface area contributed by atoms with E-state index in [0.29, 0.717) is 12.0 Å². The summed E-state index contributed by atoms with van der Waals surface area (Å²) in [6.45, 7) is 0.909. The van der Waals surface area contributed by atoms with Crippen LogP contribution in [0.25, 0.3) is 0 Å². The van der Waals surface area contributed by atoms with Gasteiger partial charge in [0, 0.05) is 29.6 Å². The van der Waals surface area contributed by atoms with Crippen LogP contribution in [0.2, 0.25) is 0 Å². The smallest absolute Gasteiger partial charge is 0.123 e. The third kappa shape index (κ3) is 3.61. The van der Waals surface area contributed by atoms with Gasteiger partial charge in [0.2, 0.25) is 0 Å². The van der Waals surface area contributed by atoms with Gasteiger partial charge in [-0.3, -0.25) is 4.98 Å². The van der Waals surface area contributed by atoms with Crippen molar-refractivity contribution in [3.8, 4) is 0 Å². The van der Waals surface area contributed by atoms with Crippen LogP contribution in [0.1, 0.15) is 29.2 Å². The topological polar surface area (TPSA) is 24.9 Å². The van der Waals surface area contributed by atoms with Crippen LogP contribution in [-0.2, 0) is 6.42 Å². The third-order valence-electron chi connectivity index (χ3n) is 3.48. The van der Waals surface area contributed by atoms with Gasteiger partial charge in [-0.2, -0.15) is 0 Å². The summed E-state index contributed by atoms with van der Waals surface area (Å²) in [6.07, 6.45) is 5.38. The first-order valence-corrected chi connectivity index (χ1v) is 7.55. The van der Waals surface area contributed by atoms with E-state index in [-0.39, 0.29) is 5.82 Å². The number of halogens is 1. The standard InChI is InChI=1S/C15H17FN2S/c16-13-3-1-2-11(6-13)12(8-18-14-4-5-14)7-15-9-17-10-19-15/h1-3,6,9-10,12,14,18H,4-5,7-8H2. The summed E-state index contributed by atoms with van der Waals surface area (Å²) >= 11 is 1.67. The number of aromatic nitrogens is 1. The maximum absolute atomic E-state index is 13.4. The first kappa shape index (κ1) is 12.8. The summed E-state index contributed by atoms with van der Waals surface area (Å²) in [5.74, 6) is 0.162. The lowest BCUT2D eigenvalue weighted by Crippen LogP contribution is -2.24. The number of nitrogens with zero attached hydrogens (tertiary/aromatic N) is 1. The number of rotatable bonds is 6. The molecule has 1 atom stereocenters. The summed E-state index contributed by atoms with van der Waals surface area (Å²) in [7, 11) is 0. The molecule has 1 aromatic heterocycles. The van der Waals surface area contributed by atoms with Gasteiger partial charge in [-0.05, 0) is 37.0 Å². The van der Waals surface area contributed by atoms with E-state index >= 15 is 0 Å². The lowest BCUT2D eigenvalue weighted by Gasteiger charge is -2.17. The lowest BCUT2D eigenvalue weighted by atomic mass is 9.95. The zero-order chi connectivity index (χ0) is 13.1. The number of hydrogen-bond acceptors (Lipinski definition) is 3. The van der Waals surface area contributed by atoms with Crippen LogP contribution < -0.4 is 5.32 Å². The van der Waals surface area contributed by atoms with Crippen LogP contribution in [0.5, 0.6) is 0 Å². The van der Waals surface area contributed by atoms with Gasteiger partial charge in [-0.25, -0.2) is 4.39 Å². The van der Waals surface area contributed by atoms with Crippen molar-refractivity contribution in [3.05, 3.63) is 52.2 Å². The Morgan fingerprint density at radius 2 is 2.32 bits per heavy atom. The Labute approximate surface area is 116 Å². The molecule has 1 aliphatic rings. The molecule has 100 valence electrons. The van der Waals surface area contributed by atoms with Gasteiger partial charge in [-0.1, -0.05) is 12.1 Å². The fraction of sp³-hybridized carbons (Fsp3) is 0.400. The second-order valence-electron chi connectivity index (χ2n) is 5.11. The van der Waals surface area contributed by atoms with E-state index in [0.717, 1.165) is 18.5 Å². The van der Waals surface area contributed by atoms with E-state index in [9.17, 15) is 4.39 Å². The summed E-state index contributed by atoms with van der Waals surface area (Å²) < 4.78 is 13.4. The molecule has 0 bridgehead atoms. The second kappa shape index (κ2) is 5.80. The van der Waals surface area contributed by atoms with Gasteiger partial charge >= 0.3 is 0 Å². The number of hydrogen-bond donors (Lipinski definition) is 1. The zero-order valence-corrected chi connectivity index (χ0v) is 11.5. The molecule has 2 nitrogen and oxygen atoms in total. The molecule has 4 heteroatoms. The van der Waals surface area contributed by atoms with Crippen molar-refractivity contribution < 1.29 is 4.39 Å². The van der Waals surface area contributed by atoms with E-state index in [1.54, 1.807) is 23.5 Å². The Morgan fingerprint density at radius 1 is 1.42 bits per heavy atom. The minimum absolute atomic E-state index is 0.154. The van der Waals surface area contributed by atoms with Crippen LogP contribution in [0.15, 0.2) is 36.0 Å². The summed E-state index contributed by atoms with van der Waals surface area (Å²) in [5, 5.41) is 3.55. The average molecular weight is 276 g/mol. The Kier molecular flexibility index (Phi) is 3.89. The van der Waals surface area contributed by atoms with Gasteiger partial charge < -0.3 is 5.32 Å². The van der Waals surface area contributed by atoms with Crippen LogP contribution in [0.3, 0.4) is 0 Å². The van der Waals surface area contributed by atoms with Crippen LogP contribution >= 0.6 is 11.3 Å². The van der Waals surface area contributed by atoms with Crippen molar-refractivity contribution in [3.63, 3.8) is 0 Å². The van der Waals surface area contributed by atoms with E-state index in [1.165, 1.54) is 23.8 Å². The molecule has 1 aliphatic carbocycles. The molecular weight excluding hydrogens is 259 g/mol. The molecule has 1 unspecified atom stereocenters. The van der Waals surface area contributed by atoms with Gasteiger partial charge in [0.25, 0.3) is 0 Å². The highest BCUT2D eigenvalue weighted by Crippen LogP contribution is 2.25. The molecule has 1 aromatic carbocycles. The third-order valence-corrected chi connectivity index (χ3v) is 4.28. The average Bonchev–Trinajstić information content (AvgIpc) is 3.10. The predicted molar refractivity (Wildman–Crippen MR) is 76.0 cm³/mol. The van der Waals surface area contributed by atoms with Crippen LogP contribution in [0.4, 0.5) is 4.39 Å². The molecule has 1 heterocycles. The van der Waals surface area contributed by atoms with Crippen LogP contribution in [-0.4, -0.2) is 17.6 Å². The molecule has 1 fully saturated rings. The van der Waals surface area contributed by atoms with Crippen molar-refractivity contribution in [2.75, 3.05) is 6.54 Å². The van der Waals surface area contributed by atoms with Crippen molar-refractivity contribution in [2.45, 2.75) is 31.2 Å². The Bertz CT molecular complexity index is 523. The van der Waals surface area contributed by atoms with E-state index in [2.05, 4.69) is 10.3 Å². The monoisotopic (exact) mass is 276 g/mol. The van der Waals surface area contributed by atoms with Crippen molar-refractivity contribution in [2.24, 2.45) is 0 Å². The maximum atomic E-state index is 13.4. The van der Waals surface area contributed by atoms with Crippen molar-refractivity contribution >= 4 is 11.3 Å². The molecular formula is C15H17FN2S. The quantitative estimate of drug-likeness (QED) is 0.875. The molecule has 0 spiro atoms. The van der Waals surface area contributed by atoms with E-state index in [4.69, 9.17) is 0 Å². The lowest BCUT2D eigenvalue weighted by molar-refractivity contribution is 0.571. The second-order valence-corrected chi connectivity index (χ2v) is 6.08. The Hall–Kier alpha value is -1.26. The molecule has 19 heavy (non-hydrogen) atoms. The number of nitrogens with one attached hydrogen (secondary N) is 1. The highest BCUT2D eigenvalue weighted by Gasteiger charge is 2.23. The highest BCUT2D eigenvalue weighted by atomic mass is 32.1. The molecule has 2 aromatic rings. The first-order chi connectivity index (χ1) is 9.31. The Morgan fingerprint density at radius 3 is 3.00 bits per heavy atom. The molecule has 1 saturated carbocycles. The zero-order valence-electron chi connectivity index (χ0n) is 10.7. The maximum Gasteiger partial charge on any atom is 0.123 e. The first-order valence-electron chi connectivity index (χ1n) is 6.67. The van der Waals surface area contributed by atoms with Crippen molar-refractivity contribution in [1.29, 1.82) is 0 Å². The van der Waals surface area contributed by atoms with E-state index < -0.39 is 0 Å². The Balaban J connectivity index is 1.73. The summed E-state index contributed by atoms with van der Waals surface area (Å²) in [6, 6.07) is 7.64. The molecule has 0 amide bonds. The molecule has 0 radical (unpaired) electrons. The number of benzene rings is 1. The molecule has 0 saturated heterocycles. The fourth-order valence-corrected chi connectivity index (χ4v) is 2.93. The van der Waals surface area contributed by atoms with Gasteiger partial charge in [-0.15, -0.1) is 11.3 Å². The van der Waals surface area contributed by atoms with Crippen molar-refractivity contribution in [1.82, 2.24) is 10.3 Å². The highest BCUT2D eigenvalue weighted by molar-refractivity contribution is 7.09. The van der Waals surface area contributed by atoms with Gasteiger partial charge in [0.15, 0.2) is 0 Å². The fourth-order valence-electron chi connectivity index (χ4n) is 2.25. The van der Waals surface area contributed by atoms with Crippen LogP contribution in [0, 0.1) is 5.82 Å². The molecule has 1 N–H and O–H groups in total.